The van der Waals surface area contributed by atoms with Crippen LogP contribution in [0, 0.1) is 13.8 Å². The van der Waals surface area contributed by atoms with E-state index in [1.807, 2.05) is 19.9 Å². The predicted octanol–water partition coefficient (Wildman–Crippen LogP) is 1.59. The third-order valence-corrected chi connectivity index (χ3v) is 5.70. The van der Waals surface area contributed by atoms with Crippen LogP contribution in [0.4, 0.5) is 0 Å². The first-order chi connectivity index (χ1) is 9.86. The molecular weight excluding hydrogens is 290 g/mol. The Morgan fingerprint density at radius 1 is 1.38 bits per heavy atom. The van der Waals surface area contributed by atoms with E-state index in [1.165, 1.54) is 4.31 Å². The Morgan fingerprint density at radius 3 is 2.57 bits per heavy atom. The van der Waals surface area contributed by atoms with Gasteiger partial charge in [0.2, 0.25) is 10.0 Å². The van der Waals surface area contributed by atoms with E-state index in [-0.39, 0.29) is 24.8 Å². The fraction of sp³-hybridized carbons (Fsp3) is 0.500. The maximum absolute atomic E-state index is 12.8. The van der Waals surface area contributed by atoms with Gasteiger partial charge in [-0.15, -0.1) is 0 Å². The van der Waals surface area contributed by atoms with Gasteiger partial charge in [0, 0.05) is 19.0 Å². The lowest BCUT2D eigenvalue weighted by atomic mass is 10.1. The number of hydrogen-bond donors (Lipinski definition) is 2. The number of amidine groups is 1. The minimum atomic E-state index is -3.54. The van der Waals surface area contributed by atoms with Gasteiger partial charge in [0.15, 0.2) is 0 Å². The average molecular weight is 311 g/mol. The van der Waals surface area contributed by atoms with Crippen molar-refractivity contribution in [3.63, 3.8) is 0 Å². The van der Waals surface area contributed by atoms with Crippen LogP contribution in [0.1, 0.15) is 30.4 Å². The van der Waals surface area contributed by atoms with Crippen molar-refractivity contribution in [2.75, 3.05) is 6.54 Å². The first-order valence-corrected chi connectivity index (χ1v) is 8.35. The van der Waals surface area contributed by atoms with Crippen LogP contribution in [0.5, 0.6) is 0 Å². The molecule has 7 heteroatoms. The maximum Gasteiger partial charge on any atom is 0.243 e. The van der Waals surface area contributed by atoms with Crippen LogP contribution in [0.3, 0.4) is 0 Å². The van der Waals surface area contributed by atoms with Gasteiger partial charge in [-0.05, 0) is 49.9 Å². The molecule has 0 unspecified atom stereocenters. The molecule has 3 N–H and O–H groups in total. The molecule has 0 spiro atoms. The van der Waals surface area contributed by atoms with Crippen molar-refractivity contribution in [1.82, 2.24) is 4.31 Å². The summed E-state index contributed by atoms with van der Waals surface area (Å²) < 4.78 is 27.0. The summed E-state index contributed by atoms with van der Waals surface area (Å²) in [6.45, 7) is 4.07. The van der Waals surface area contributed by atoms with Gasteiger partial charge in [-0.25, -0.2) is 8.42 Å². The molecule has 0 saturated heterocycles. The molecule has 21 heavy (non-hydrogen) atoms. The number of benzene rings is 1. The van der Waals surface area contributed by atoms with Crippen molar-refractivity contribution in [2.24, 2.45) is 10.9 Å². The Morgan fingerprint density at radius 2 is 2.05 bits per heavy atom. The smallest absolute Gasteiger partial charge is 0.243 e. The Bertz CT molecular complexity index is 651. The molecule has 0 heterocycles. The van der Waals surface area contributed by atoms with Crippen molar-refractivity contribution in [2.45, 2.75) is 44.0 Å². The molecule has 0 amide bonds. The summed E-state index contributed by atoms with van der Waals surface area (Å²) in [6.07, 6.45) is 1.94. The zero-order chi connectivity index (χ0) is 15.6. The third kappa shape index (κ3) is 3.54. The van der Waals surface area contributed by atoms with Crippen molar-refractivity contribution in [3.05, 3.63) is 29.3 Å². The SMILES string of the molecule is Cc1ccc(S(=O)(=O)N(CCC(N)=NO)C2CC2)cc1C. The molecule has 0 bridgehead atoms. The second kappa shape index (κ2) is 6.03. The fourth-order valence-corrected chi connectivity index (χ4v) is 3.92. The lowest BCUT2D eigenvalue weighted by molar-refractivity contribution is 0.315. The summed E-state index contributed by atoms with van der Waals surface area (Å²) in [4.78, 5) is 0.303. The van der Waals surface area contributed by atoms with Crippen LogP contribution >= 0.6 is 0 Å². The molecule has 1 aliphatic rings. The molecule has 1 aromatic rings. The molecular formula is C14H21N3O3S. The van der Waals surface area contributed by atoms with Crippen LogP contribution in [0.15, 0.2) is 28.3 Å². The van der Waals surface area contributed by atoms with Crippen LogP contribution in [-0.4, -0.2) is 36.4 Å². The predicted molar refractivity (Wildman–Crippen MR) is 80.9 cm³/mol. The Balaban J connectivity index is 2.27. The van der Waals surface area contributed by atoms with Crippen molar-refractivity contribution >= 4 is 15.9 Å². The summed E-state index contributed by atoms with van der Waals surface area (Å²) in [5.41, 5.74) is 7.45. The van der Waals surface area contributed by atoms with E-state index in [1.54, 1.807) is 12.1 Å². The molecule has 2 rings (SSSR count). The summed E-state index contributed by atoms with van der Waals surface area (Å²) in [5.74, 6) is 0.0379. The molecule has 6 nitrogen and oxygen atoms in total. The lowest BCUT2D eigenvalue weighted by Gasteiger charge is -2.22. The van der Waals surface area contributed by atoms with E-state index in [2.05, 4.69) is 5.16 Å². The number of aryl methyl sites for hydroxylation is 2. The lowest BCUT2D eigenvalue weighted by Crippen LogP contribution is -2.36. The molecule has 1 fully saturated rings. The van der Waals surface area contributed by atoms with E-state index in [0.717, 1.165) is 24.0 Å². The van der Waals surface area contributed by atoms with Crippen molar-refractivity contribution in [1.29, 1.82) is 0 Å². The van der Waals surface area contributed by atoms with Gasteiger partial charge in [-0.2, -0.15) is 4.31 Å². The summed E-state index contributed by atoms with van der Waals surface area (Å²) in [5, 5.41) is 11.5. The summed E-state index contributed by atoms with van der Waals surface area (Å²) in [6, 6.07) is 5.18. The van der Waals surface area contributed by atoms with Gasteiger partial charge < -0.3 is 10.9 Å². The van der Waals surface area contributed by atoms with Crippen molar-refractivity contribution < 1.29 is 13.6 Å². The zero-order valence-corrected chi connectivity index (χ0v) is 13.1. The minimum Gasteiger partial charge on any atom is -0.409 e. The number of nitrogens with two attached hydrogens (primary N) is 1. The van der Waals surface area contributed by atoms with Gasteiger partial charge in [0.05, 0.1) is 4.90 Å². The fourth-order valence-electron chi connectivity index (χ4n) is 2.15. The van der Waals surface area contributed by atoms with E-state index >= 15 is 0 Å². The highest BCUT2D eigenvalue weighted by Gasteiger charge is 2.37. The molecule has 0 aliphatic heterocycles. The van der Waals surface area contributed by atoms with Gasteiger partial charge >= 0.3 is 0 Å². The highest BCUT2D eigenvalue weighted by Crippen LogP contribution is 2.32. The van der Waals surface area contributed by atoms with Gasteiger partial charge in [0.1, 0.15) is 5.84 Å². The van der Waals surface area contributed by atoms with E-state index in [9.17, 15) is 8.42 Å². The topological polar surface area (TPSA) is 96.0 Å². The van der Waals surface area contributed by atoms with E-state index in [4.69, 9.17) is 10.9 Å². The van der Waals surface area contributed by atoms with Crippen LogP contribution in [-0.2, 0) is 10.0 Å². The first kappa shape index (κ1) is 15.8. The molecule has 0 radical (unpaired) electrons. The average Bonchev–Trinajstić information content (AvgIpc) is 3.26. The summed E-state index contributed by atoms with van der Waals surface area (Å²) >= 11 is 0. The number of nitrogens with zero attached hydrogens (tertiary/aromatic N) is 2. The maximum atomic E-state index is 12.8. The Labute approximate surface area is 125 Å². The number of oxime groups is 1. The van der Waals surface area contributed by atoms with E-state index < -0.39 is 10.0 Å². The van der Waals surface area contributed by atoms with Gasteiger partial charge in [0.25, 0.3) is 0 Å². The van der Waals surface area contributed by atoms with Gasteiger partial charge in [-0.3, -0.25) is 0 Å². The highest BCUT2D eigenvalue weighted by molar-refractivity contribution is 7.89. The molecule has 1 aliphatic carbocycles. The monoisotopic (exact) mass is 311 g/mol. The normalized spacial score (nSPS) is 16.4. The van der Waals surface area contributed by atoms with Crippen LogP contribution in [0.25, 0.3) is 0 Å². The first-order valence-electron chi connectivity index (χ1n) is 6.91. The number of sulfonamides is 1. The van der Waals surface area contributed by atoms with E-state index in [0.29, 0.717) is 4.90 Å². The zero-order valence-electron chi connectivity index (χ0n) is 12.3. The molecule has 1 saturated carbocycles. The Hall–Kier alpha value is -1.60. The second-order valence-electron chi connectivity index (χ2n) is 5.43. The quantitative estimate of drug-likeness (QED) is 0.361. The minimum absolute atomic E-state index is 0.0307. The van der Waals surface area contributed by atoms with Gasteiger partial charge in [-0.1, -0.05) is 11.2 Å². The molecule has 116 valence electrons. The standard InChI is InChI=1S/C14H21N3O3S/c1-10-3-6-13(9-11(10)2)21(19,20)17(12-4-5-12)8-7-14(15)16-18/h3,6,9,12,18H,4-5,7-8H2,1-2H3,(H2,15,16). The molecule has 1 aromatic carbocycles. The third-order valence-electron chi connectivity index (χ3n) is 3.76. The summed E-state index contributed by atoms with van der Waals surface area (Å²) in [7, 11) is -3.54. The van der Waals surface area contributed by atoms with Crippen LogP contribution in [0.2, 0.25) is 0 Å². The number of hydrogen-bond acceptors (Lipinski definition) is 4. The van der Waals surface area contributed by atoms with Crippen molar-refractivity contribution in [3.8, 4) is 0 Å². The highest BCUT2D eigenvalue weighted by atomic mass is 32.2. The largest absolute Gasteiger partial charge is 0.409 e. The Kier molecular flexibility index (Phi) is 4.53. The molecule has 0 atom stereocenters. The molecule has 0 aromatic heterocycles. The number of rotatable bonds is 6. The second-order valence-corrected chi connectivity index (χ2v) is 7.32. The van der Waals surface area contributed by atoms with Crippen LogP contribution < -0.4 is 5.73 Å².